The van der Waals surface area contributed by atoms with Crippen molar-refractivity contribution in [2.45, 2.75) is 77.7 Å². The van der Waals surface area contributed by atoms with Gasteiger partial charge in [0.05, 0.1) is 0 Å². The molecule has 0 aliphatic heterocycles. The summed E-state index contributed by atoms with van der Waals surface area (Å²) in [7, 11) is 0. The molecule has 1 fully saturated rings. The van der Waals surface area contributed by atoms with Gasteiger partial charge < -0.3 is 5.32 Å². The lowest BCUT2D eigenvalue weighted by molar-refractivity contribution is 0.354. The first-order valence-electron chi connectivity index (χ1n) is 7.08. The molecule has 0 amide bonds. The topological polar surface area (TPSA) is 12.0 Å². The molecule has 0 saturated heterocycles. The highest BCUT2D eigenvalue weighted by molar-refractivity contribution is 4.76. The number of unbranched alkanes of at least 4 members (excludes halogenated alkanes) is 3. The third kappa shape index (κ3) is 5.55. The van der Waals surface area contributed by atoms with Crippen LogP contribution in [0.15, 0.2) is 0 Å². The van der Waals surface area contributed by atoms with Crippen molar-refractivity contribution in [1.29, 1.82) is 0 Å². The fourth-order valence-corrected chi connectivity index (χ4v) is 2.64. The first kappa shape index (κ1) is 13.0. The lowest BCUT2D eigenvalue weighted by Crippen LogP contribution is -2.34. The molecule has 2 unspecified atom stereocenters. The van der Waals surface area contributed by atoms with Crippen molar-refractivity contribution in [3.05, 3.63) is 0 Å². The Labute approximate surface area is 96.0 Å². The summed E-state index contributed by atoms with van der Waals surface area (Å²) in [6.07, 6.45) is 12.7. The van der Waals surface area contributed by atoms with Crippen molar-refractivity contribution in [2.24, 2.45) is 5.92 Å². The lowest BCUT2D eigenvalue weighted by atomic mass is 9.97. The predicted molar refractivity (Wildman–Crippen MR) is 68.2 cm³/mol. The van der Waals surface area contributed by atoms with E-state index in [0.29, 0.717) is 0 Å². The molecule has 15 heavy (non-hydrogen) atoms. The van der Waals surface area contributed by atoms with Crippen LogP contribution in [0.3, 0.4) is 0 Å². The van der Waals surface area contributed by atoms with Gasteiger partial charge in [-0.05, 0) is 31.7 Å². The average Bonchev–Trinajstić information content (AvgIpc) is 2.44. The molecule has 1 rings (SSSR count). The van der Waals surface area contributed by atoms with Gasteiger partial charge in [0, 0.05) is 6.04 Å². The van der Waals surface area contributed by atoms with E-state index in [9.17, 15) is 0 Å². The third-order valence-corrected chi connectivity index (χ3v) is 3.80. The number of rotatable bonds is 6. The van der Waals surface area contributed by atoms with Gasteiger partial charge >= 0.3 is 0 Å². The molecule has 90 valence electrons. The second-order valence-electron chi connectivity index (χ2n) is 5.24. The summed E-state index contributed by atoms with van der Waals surface area (Å²) in [6, 6.07) is 0.814. The average molecular weight is 211 g/mol. The van der Waals surface area contributed by atoms with Crippen LogP contribution in [-0.4, -0.2) is 12.6 Å². The molecule has 1 aliphatic rings. The largest absolute Gasteiger partial charge is 0.314 e. The summed E-state index contributed by atoms with van der Waals surface area (Å²) in [5.41, 5.74) is 0. The molecule has 1 aliphatic carbocycles. The van der Waals surface area contributed by atoms with E-state index >= 15 is 0 Å². The molecule has 0 radical (unpaired) electrons. The van der Waals surface area contributed by atoms with Crippen LogP contribution < -0.4 is 5.32 Å². The molecule has 0 aromatic rings. The normalized spacial score (nSPS) is 27.6. The Kier molecular flexibility index (Phi) is 7.08. The van der Waals surface area contributed by atoms with E-state index in [1.165, 1.54) is 64.3 Å². The van der Waals surface area contributed by atoms with Crippen LogP contribution in [-0.2, 0) is 0 Å². The maximum absolute atomic E-state index is 3.77. The summed E-state index contributed by atoms with van der Waals surface area (Å²) in [5, 5.41) is 3.77. The zero-order valence-electron chi connectivity index (χ0n) is 10.7. The predicted octanol–water partition coefficient (Wildman–Crippen LogP) is 4.13. The highest BCUT2D eigenvalue weighted by Crippen LogP contribution is 2.22. The third-order valence-electron chi connectivity index (χ3n) is 3.80. The Morgan fingerprint density at radius 2 is 1.80 bits per heavy atom. The molecule has 0 bridgehead atoms. The van der Waals surface area contributed by atoms with Crippen LogP contribution in [0.4, 0.5) is 0 Å². The van der Waals surface area contributed by atoms with Crippen LogP contribution in [0, 0.1) is 5.92 Å². The Balaban J connectivity index is 2.07. The molecular weight excluding hydrogens is 182 g/mol. The maximum atomic E-state index is 3.77. The van der Waals surface area contributed by atoms with Crippen LogP contribution in [0.5, 0.6) is 0 Å². The fourth-order valence-electron chi connectivity index (χ4n) is 2.64. The van der Waals surface area contributed by atoms with Crippen LogP contribution >= 0.6 is 0 Å². The second kappa shape index (κ2) is 8.15. The molecule has 0 heterocycles. The smallest absolute Gasteiger partial charge is 0.00926 e. The minimum atomic E-state index is 0.814. The van der Waals surface area contributed by atoms with E-state index in [1.54, 1.807) is 0 Å². The van der Waals surface area contributed by atoms with E-state index in [4.69, 9.17) is 0 Å². The van der Waals surface area contributed by atoms with Crippen molar-refractivity contribution in [1.82, 2.24) is 5.32 Å². The Morgan fingerprint density at radius 1 is 1.00 bits per heavy atom. The van der Waals surface area contributed by atoms with Crippen molar-refractivity contribution >= 4 is 0 Å². The quantitative estimate of drug-likeness (QED) is 0.514. The summed E-state index contributed by atoms with van der Waals surface area (Å²) in [5.74, 6) is 0.902. The molecular formula is C14H29N. The first-order valence-corrected chi connectivity index (χ1v) is 7.08. The lowest BCUT2D eigenvalue weighted by Gasteiger charge is -2.22. The summed E-state index contributed by atoms with van der Waals surface area (Å²) >= 11 is 0. The standard InChI is InChI=1S/C14H29N/c1-3-4-5-9-12-15-14-11-8-6-7-10-13(14)2/h13-15H,3-12H2,1-2H3. The molecule has 1 saturated carbocycles. The van der Waals surface area contributed by atoms with Crippen LogP contribution in [0.25, 0.3) is 0 Å². The SMILES string of the molecule is CCCCCCNC1CCCCCC1C. The molecule has 2 atom stereocenters. The minimum Gasteiger partial charge on any atom is -0.314 e. The zero-order chi connectivity index (χ0) is 10.9. The van der Waals surface area contributed by atoms with E-state index in [2.05, 4.69) is 19.2 Å². The van der Waals surface area contributed by atoms with Gasteiger partial charge in [-0.2, -0.15) is 0 Å². The highest BCUT2D eigenvalue weighted by atomic mass is 14.9. The maximum Gasteiger partial charge on any atom is 0.00926 e. The summed E-state index contributed by atoms with van der Waals surface area (Å²) in [4.78, 5) is 0. The highest BCUT2D eigenvalue weighted by Gasteiger charge is 2.18. The molecule has 0 spiro atoms. The minimum absolute atomic E-state index is 0.814. The van der Waals surface area contributed by atoms with Gasteiger partial charge in [0.25, 0.3) is 0 Å². The Bertz CT molecular complexity index is 144. The van der Waals surface area contributed by atoms with Gasteiger partial charge in [-0.3, -0.25) is 0 Å². The van der Waals surface area contributed by atoms with Gasteiger partial charge in [-0.1, -0.05) is 52.4 Å². The Morgan fingerprint density at radius 3 is 2.60 bits per heavy atom. The van der Waals surface area contributed by atoms with Gasteiger partial charge in [0.1, 0.15) is 0 Å². The monoisotopic (exact) mass is 211 g/mol. The second-order valence-corrected chi connectivity index (χ2v) is 5.24. The number of nitrogens with one attached hydrogen (secondary N) is 1. The molecule has 0 aromatic heterocycles. The van der Waals surface area contributed by atoms with Crippen molar-refractivity contribution in [3.8, 4) is 0 Å². The van der Waals surface area contributed by atoms with Crippen molar-refractivity contribution in [2.75, 3.05) is 6.54 Å². The summed E-state index contributed by atoms with van der Waals surface area (Å²) in [6.45, 7) is 5.95. The molecule has 1 N–H and O–H groups in total. The van der Waals surface area contributed by atoms with Crippen molar-refractivity contribution in [3.63, 3.8) is 0 Å². The number of hydrogen-bond donors (Lipinski definition) is 1. The van der Waals surface area contributed by atoms with E-state index in [1.807, 2.05) is 0 Å². The fraction of sp³-hybridized carbons (Fsp3) is 1.00. The van der Waals surface area contributed by atoms with Gasteiger partial charge in [-0.25, -0.2) is 0 Å². The first-order chi connectivity index (χ1) is 7.34. The molecule has 0 aromatic carbocycles. The van der Waals surface area contributed by atoms with Crippen LogP contribution in [0.2, 0.25) is 0 Å². The van der Waals surface area contributed by atoms with Crippen LogP contribution in [0.1, 0.15) is 71.6 Å². The van der Waals surface area contributed by atoms with Gasteiger partial charge in [0.2, 0.25) is 0 Å². The molecule has 1 heteroatoms. The van der Waals surface area contributed by atoms with E-state index in [-0.39, 0.29) is 0 Å². The van der Waals surface area contributed by atoms with E-state index < -0.39 is 0 Å². The van der Waals surface area contributed by atoms with Gasteiger partial charge in [-0.15, -0.1) is 0 Å². The zero-order valence-corrected chi connectivity index (χ0v) is 10.7. The van der Waals surface area contributed by atoms with Gasteiger partial charge in [0.15, 0.2) is 0 Å². The Hall–Kier alpha value is -0.0400. The summed E-state index contributed by atoms with van der Waals surface area (Å²) < 4.78 is 0. The number of hydrogen-bond acceptors (Lipinski definition) is 1. The van der Waals surface area contributed by atoms with Crippen molar-refractivity contribution < 1.29 is 0 Å². The van der Waals surface area contributed by atoms with E-state index in [0.717, 1.165) is 12.0 Å². The molecule has 1 nitrogen and oxygen atoms in total.